The van der Waals surface area contributed by atoms with Crippen LogP contribution in [0, 0.1) is 17.3 Å². The highest BCUT2D eigenvalue weighted by molar-refractivity contribution is 7.89. The van der Waals surface area contributed by atoms with Gasteiger partial charge in [0.1, 0.15) is 18.4 Å². The Hall–Kier alpha value is -2.08. The molecule has 1 amide bonds. The molecule has 2 N–H and O–H groups in total. The number of likely N-dealkylation sites (N-methyl/N-ethyl adjacent to an activating group) is 1. The van der Waals surface area contributed by atoms with Gasteiger partial charge in [-0.1, -0.05) is 26.7 Å². The number of amides is 1. The number of carbonyl (C=O) groups excluding carboxylic acids is 1. The Kier molecular flexibility index (Phi) is 6.99. The van der Waals surface area contributed by atoms with Crippen LogP contribution in [-0.4, -0.2) is 43.5 Å². The van der Waals surface area contributed by atoms with Crippen LogP contribution < -0.4 is 10.2 Å². The zero-order chi connectivity index (χ0) is 19.3. The summed E-state index contributed by atoms with van der Waals surface area (Å²) in [5.74, 6) is 5.13. The van der Waals surface area contributed by atoms with E-state index in [1.807, 2.05) is 0 Å². The molecule has 0 fully saturated rings. The van der Waals surface area contributed by atoms with E-state index in [0.717, 1.165) is 4.31 Å². The molecule has 1 aromatic carbocycles. The molecule has 0 aliphatic carbocycles. The molecule has 8 heteroatoms. The summed E-state index contributed by atoms with van der Waals surface area (Å²) in [6, 6.07) is 4.76. The van der Waals surface area contributed by atoms with E-state index in [1.165, 1.54) is 36.8 Å². The van der Waals surface area contributed by atoms with Crippen molar-refractivity contribution in [2.75, 3.05) is 13.7 Å². The van der Waals surface area contributed by atoms with Crippen LogP contribution in [0.25, 0.3) is 0 Å². The predicted octanol–water partition coefficient (Wildman–Crippen LogP) is 1.63. The number of carbonyl (C=O) groups is 1. The van der Waals surface area contributed by atoms with Gasteiger partial charge in [0.25, 0.3) is 5.91 Å². The van der Waals surface area contributed by atoms with Crippen molar-refractivity contribution >= 4 is 15.9 Å². The molecule has 1 atom stereocenters. The van der Waals surface area contributed by atoms with Gasteiger partial charge in [0.05, 0.1) is 4.90 Å². The number of hydrogen-bond donors (Lipinski definition) is 2. The van der Waals surface area contributed by atoms with Crippen LogP contribution in [0.4, 0.5) is 0 Å². The van der Waals surface area contributed by atoms with Gasteiger partial charge in [0.15, 0.2) is 0 Å². The smallest absolute Gasteiger partial charge is 0.262 e. The molecule has 0 saturated heterocycles. The molecule has 0 bridgehead atoms. The Morgan fingerprint density at radius 3 is 2.32 bits per heavy atom. The maximum absolute atomic E-state index is 12.8. The van der Waals surface area contributed by atoms with Crippen LogP contribution in [-0.2, 0) is 14.8 Å². The van der Waals surface area contributed by atoms with Crippen molar-refractivity contribution in [2.24, 2.45) is 5.41 Å². The molecule has 0 aliphatic heterocycles. The predicted molar refractivity (Wildman–Crippen MR) is 93.5 cm³/mol. The number of nitrogens with zero attached hydrogens (tertiary/aromatic N) is 1. The first-order valence-electron chi connectivity index (χ1n) is 7.60. The van der Waals surface area contributed by atoms with Gasteiger partial charge in [-0.2, -0.15) is 4.31 Å². The van der Waals surface area contributed by atoms with E-state index < -0.39 is 27.4 Å². The molecule has 0 radical (unpaired) electrons. The van der Waals surface area contributed by atoms with Gasteiger partial charge in [-0.15, -0.1) is 5.92 Å². The molecule has 7 nitrogen and oxygen atoms in total. The summed E-state index contributed by atoms with van der Waals surface area (Å²) in [6.45, 7) is 7.05. The van der Waals surface area contributed by atoms with Gasteiger partial charge in [0.2, 0.25) is 10.0 Å². The minimum Gasteiger partial charge on any atom is -0.481 e. The molecule has 0 aliphatic rings. The lowest BCUT2D eigenvalue weighted by atomic mass is 9.86. The molecule has 1 rings (SSSR count). The molecule has 0 spiro atoms. The number of hydroxylamine groups is 1. The molecular weight excluding hydrogens is 344 g/mol. The van der Waals surface area contributed by atoms with E-state index in [9.17, 15) is 13.2 Å². The van der Waals surface area contributed by atoms with Crippen molar-refractivity contribution in [3.05, 3.63) is 24.3 Å². The number of nitrogens with one attached hydrogen (secondary N) is 1. The van der Waals surface area contributed by atoms with Crippen LogP contribution in [0.5, 0.6) is 5.75 Å². The van der Waals surface area contributed by atoms with Crippen molar-refractivity contribution in [3.8, 4) is 17.6 Å². The first-order chi connectivity index (χ1) is 11.6. The highest BCUT2D eigenvalue weighted by Gasteiger charge is 2.40. The van der Waals surface area contributed by atoms with Crippen LogP contribution in [0.2, 0.25) is 0 Å². The monoisotopic (exact) mass is 368 g/mol. The van der Waals surface area contributed by atoms with E-state index in [2.05, 4.69) is 11.8 Å². The maximum atomic E-state index is 12.8. The second-order valence-electron chi connectivity index (χ2n) is 6.45. The Morgan fingerprint density at radius 2 is 1.88 bits per heavy atom. The minimum absolute atomic E-state index is 0.0175. The van der Waals surface area contributed by atoms with Crippen molar-refractivity contribution in [3.63, 3.8) is 0 Å². The van der Waals surface area contributed by atoms with E-state index in [-0.39, 0.29) is 11.5 Å². The standard InChI is InChI=1S/C17H24N2O5S/c1-6-7-12-24-13-8-10-14(11-9-13)25(22,23)19(5)15(16(20)18-21)17(2,3)4/h8-11,15,21H,12H2,1-5H3,(H,18,20)/t15-/m0/s1. The first kappa shape index (κ1) is 21.0. The number of rotatable bonds is 6. The summed E-state index contributed by atoms with van der Waals surface area (Å²) in [4.78, 5) is 12.0. The third-order valence-electron chi connectivity index (χ3n) is 3.53. The van der Waals surface area contributed by atoms with E-state index in [1.54, 1.807) is 27.7 Å². The maximum Gasteiger partial charge on any atom is 0.262 e. The first-order valence-corrected chi connectivity index (χ1v) is 9.04. The van der Waals surface area contributed by atoms with Gasteiger partial charge < -0.3 is 4.74 Å². The topological polar surface area (TPSA) is 95.9 Å². The zero-order valence-corrected chi connectivity index (χ0v) is 15.8. The van der Waals surface area contributed by atoms with Gasteiger partial charge in [-0.25, -0.2) is 13.9 Å². The van der Waals surface area contributed by atoms with Crippen molar-refractivity contribution in [2.45, 2.75) is 38.6 Å². The number of ether oxygens (including phenoxy) is 1. The highest BCUT2D eigenvalue weighted by atomic mass is 32.2. The molecule has 0 heterocycles. The minimum atomic E-state index is -3.94. The highest BCUT2D eigenvalue weighted by Crippen LogP contribution is 2.29. The van der Waals surface area contributed by atoms with Crippen LogP contribution in [0.3, 0.4) is 0 Å². The van der Waals surface area contributed by atoms with Crippen LogP contribution in [0.1, 0.15) is 27.7 Å². The second-order valence-corrected chi connectivity index (χ2v) is 8.45. The van der Waals surface area contributed by atoms with E-state index >= 15 is 0 Å². The summed E-state index contributed by atoms with van der Waals surface area (Å²) in [5, 5.41) is 8.94. The Morgan fingerprint density at radius 1 is 1.32 bits per heavy atom. The fourth-order valence-corrected chi connectivity index (χ4v) is 3.87. The number of benzene rings is 1. The van der Waals surface area contributed by atoms with E-state index in [0.29, 0.717) is 5.75 Å². The third kappa shape index (κ3) is 5.19. The second kappa shape index (κ2) is 8.34. The lowest BCUT2D eigenvalue weighted by molar-refractivity contribution is -0.136. The van der Waals surface area contributed by atoms with Gasteiger partial charge in [-0.3, -0.25) is 10.0 Å². The SMILES string of the molecule is CC#CCOc1ccc(S(=O)(=O)N(C)[C@@H](C(=O)NO)C(C)(C)C)cc1. The number of sulfonamides is 1. The third-order valence-corrected chi connectivity index (χ3v) is 5.37. The average molecular weight is 368 g/mol. The molecular formula is C17H24N2O5S. The Bertz CT molecular complexity index is 755. The van der Waals surface area contributed by atoms with Gasteiger partial charge in [-0.05, 0) is 36.6 Å². The normalized spacial score (nSPS) is 12.9. The van der Waals surface area contributed by atoms with Crippen molar-refractivity contribution in [1.82, 2.24) is 9.79 Å². The van der Waals surface area contributed by atoms with Gasteiger partial charge >= 0.3 is 0 Å². The summed E-state index contributed by atoms with van der Waals surface area (Å²) in [7, 11) is -2.63. The summed E-state index contributed by atoms with van der Waals surface area (Å²) in [6.07, 6.45) is 0. The van der Waals surface area contributed by atoms with Crippen LogP contribution >= 0.6 is 0 Å². The fraction of sp³-hybridized carbons (Fsp3) is 0.471. The lowest BCUT2D eigenvalue weighted by Gasteiger charge is -2.35. The summed E-state index contributed by atoms with van der Waals surface area (Å²) < 4.78 is 31.9. The quantitative estimate of drug-likeness (QED) is 0.452. The summed E-state index contributed by atoms with van der Waals surface area (Å²) >= 11 is 0. The largest absolute Gasteiger partial charge is 0.481 e. The molecule has 25 heavy (non-hydrogen) atoms. The van der Waals surface area contributed by atoms with Gasteiger partial charge in [0, 0.05) is 7.05 Å². The summed E-state index contributed by atoms with van der Waals surface area (Å²) in [5.41, 5.74) is 0.810. The Balaban J connectivity index is 3.12. The molecule has 0 saturated carbocycles. The molecule has 1 aromatic rings. The average Bonchev–Trinajstić information content (AvgIpc) is 2.54. The molecule has 138 valence electrons. The zero-order valence-electron chi connectivity index (χ0n) is 15.0. The molecule has 0 unspecified atom stereocenters. The molecule has 0 aromatic heterocycles. The number of hydrogen-bond acceptors (Lipinski definition) is 5. The van der Waals surface area contributed by atoms with Crippen molar-refractivity contribution in [1.29, 1.82) is 0 Å². The van der Waals surface area contributed by atoms with Crippen LogP contribution in [0.15, 0.2) is 29.2 Å². The van der Waals surface area contributed by atoms with E-state index in [4.69, 9.17) is 9.94 Å². The lowest BCUT2D eigenvalue weighted by Crippen LogP contribution is -2.53. The van der Waals surface area contributed by atoms with Crippen molar-refractivity contribution < 1.29 is 23.2 Å². The fourth-order valence-electron chi connectivity index (χ4n) is 2.37. The Labute approximate surface area is 149 Å².